The highest BCUT2D eigenvalue weighted by molar-refractivity contribution is 5.93. The molecule has 1 N–H and O–H groups in total. The highest BCUT2D eigenvalue weighted by Crippen LogP contribution is 2.46. The highest BCUT2D eigenvalue weighted by atomic mass is 16.5. The van der Waals surface area contributed by atoms with Gasteiger partial charge in [0.05, 0.1) is 12.2 Å². The van der Waals surface area contributed by atoms with Gasteiger partial charge >= 0.3 is 17.9 Å². The molecule has 4 rings (SSSR count). The van der Waals surface area contributed by atoms with Crippen LogP contribution in [-0.2, 0) is 9.59 Å². The lowest BCUT2D eigenvalue weighted by Gasteiger charge is -2.10. The van der Waals surface area contributed by atoms with Crippen molar-refractivity contribution in [2.24, 2.45) is 0 Å². The molecule has 0 spiro atoms. The number of carboxylic acid groups (broad SMARTS) is 1. The van der Waals surface area contributed by atoms with Crippen molar-refractivity contribution in [1.82, 2.24) is 0 Å². The third kappa shape index (κ3) is 6.29. The fourth-order valence-electron chi connectivity index (χ4n) is 4.38. The molecule has 1 aliphatic carbocycles. The van der Waals surface area contributed by atoms with E-state index in [1.54, 1.807) is 43.3 Å². The zero-order valence-electron chi connectivity index (χ0n) is 21.5. The smallest absolute Gasteiger partial charge is 0.343 e. The molecule has 0 amide bonds. The van der Waals surface area contributed by atoms with E-state index in [-0.39, 0.29) is 12.3 Å². The molecule has 1 aliphatic rings. The standard InChI is InChI=1S/C31H30O7/c1-19(2)30(34)38-24-13-15-26-25-14-8-21(17-27(25)20(3)28(26)18-24)31(35)37-23-11-9-22(10-12-23)36-16-6-4-5-7-29(32)33/h8-15,17-18,20H,1,4-7,16H2,2-3H3,(H,32,33). The molecule has 0 heterocycles. The van der Waals surface area contributed by atoms with E-state index >= 15 is 0 Å². The van der Waals surface area contributed by atoms with Gasteiger partial charge in [-0.25, -0.2) is 9.59 Å². The molecule has 0 aromatic heterocycles. The fraction of sp³-hybridized carbons (Fsp3) is 0.258. The maximum absolute atomic E-state index is 12.9. The normalized spacial score (nSPS) is 13.3. The van der Waals surface area contributed by atoms with Crippen molar-refractivity contribution in [3.05, 3.63) is 89.5 Å². The first-order chi connectivity index (χ1) is 18.2. The number of carbonyl (C=O) groups excluding carboxylic acids is 2. The predicted molar refractivity (Wildman–Crippen MR) is 143 cm³/mol. The number of ether oxygens (including phenoxy) is 3. The Labute approximate surface area is 221 Å². The fourth-order valence-corrected chi connectivity index (χ4v) is 4.38. The molecule has 7 nitrogen and oxygen atoms in total. The summed E-state index contributed by atoms with van der Waals surface area (Å²) < 4.78 is 16.6. The molecule has 1 atom stereocenters. The Bertz CT molecular complexity index is 1370. The van der Waals surface area contributed by atoms with E-state index in [0.717, 1.165) is 35.1 Å². The number of unbranched alkanes of at least 4 members (excludes halogenated alkanes) is 2. The minimum atomic E-state index is -0.784. The van der Waals surface area contributed by atoms with Crippen LogP contribution >= 0.6 is 0 Å². The van der Waals surface area contributed by atoms with Gasteiger partial charge in [-0.1, -0.05) is 25.6 Å². The van der Waals surface area contributed by atoms with Crippen molar-refractivity contribution in [2.45, 2.75) is 45.4 Å². The monoisotopic (exact) mass is 514 g/mol. The van der Waals surface area contributed by atoms with Crippen molar-refractivity contribution in [1.29, 1.82) is 0 Å². The van der Waals surface area contributed by atoms with Gasteiger partial charge < -0.3 is 19.3 Å². The summed E-state index contributed by atoms with van der Waals surface area (Å²) in [7, 11) is 0. The van der Waals surface area contributed by atoms with Gasteiger partial charge in [-0.05, 0) is 97.0 Å². The topological polar surface area (TPSA) is 99.1 Å². The van der Waals surface area contributed by atoms with Gasteiger partial charge in [-0.2, -0.15) is 0 Å². The summed E-state index contributed by atoms with van der Waals surface area (Å²) in [6, 6.07) is 17.9. The van der Waals surface area contributed by atoms with Gasteiger partial charge in [-0.15, -0.1) is 0 Å². The van der Waals surface area contributed by atoms with Gasteiger partial charge in [-0.3, -0.25) is 4.79 Å². The van der Waals surface area contributed by atoms with Crippen LogP contribution in [-0.4, -0.2) is 29.6 Å². The Balaban J connectivity index is 1.36. The molecule has 0 saturated carbocycles. The van der Waals surface area contributed by atoms with E-state index in [2.05, 4.69) is 13.5 Å². The molecular formula is C31H30O7. The minimum absolute atomic E-state index is 0.0109. The maximum atomic E-state index is 12.9. The summed E-state index contributed by atoms with van der Waals surface area (Å²) in [5.74, 6) is -0.179. The van der Waals surface area contributed by atoms with Gasteiger partial charge in [0.2, 0.25) is 0 Å². The van der Waals surface area contributed by atoms with Crippen LogP contribution in [0.4, 0.5) is 0 Å². The molecular weight excluding hydrogens is 484 g/mol. The van der Waals surface area contributed by atoms with Crippen LogP contribution in [0, 0.1) is 0 Å². The molecule has 196 valence electrons. The predicted octanol–water partition coefficient (Wildman–Crippen LogP) is 6.54. The third-order valence-electron chi connectivity index (χ3n) is 6.43. The van der Waals surface area contributed by atoms with E-state index < -0.39 is 17.9 Å². The molecule has 1 unspecified atom stereocenters. The van der Waals surface area contributed by atoms with E-state index in [4.69, 9.17) is 19.3 Å². The zero-order chi connectivity index (χ0) is 27.2. The molecule has 7 heteroatoms. The Morgan fingerprint density at radius 2 is 1.45 bits per heavy atom. The number of hydrogen-bond donors (Lipinski definition) is 1. The summed E-state index contributed by atoms with van der Waals surface area (Å²) >= 11 is 0. The number of esters is 2. The highest BCUT2D eigenvalue weighted by Gasteiger charge is 2.27. The van der Waals surface area contributed by atoms with Crippen LogP contribution in [0.2, 0.25) is 0 Å². The van der Waals surface area contributed by atoms with Gasteiger partial charge in [0, 0.05) is 17.9 Å². The summed E-state index contributed by atoms with van der Waals surface area (Å²) in [6.45, 7) is 7.76. The number of carbonyl (C=O) groups is 3. The number of carboxylic acids is 1. The van der Waals surface area contributed by atoms with Crippen molar-refractivity contribution in [3.63, 3.8) is 0 Å². The lowest BCUT2D eigenvalue weighted by molar-refractivity contribution is -0.137. The molecule has 3 aromatic rings. The largest absolute Gasteiger partial charge is 0.494 e. The van der Waals surface area contributed by atoms with Crippen LogP contribution in [0.5, 0.6) is 17.2 Å². The molecule has 0 bridgehead atoms. The number of hydrogen-bond acceptors (Lipinski definition) is 6. The van der Waals surface area contributed by atoms with Crippen LogP contribution in [0.25, 0.3) is 11.1 Å². The van der Waals surface area contributed by atoms with Gasteiger partial charge in [0.15, 0.2) is 0 Å². The lowest BCUT2D eigenvalue weighted by atomic mass is 9.98. The SMILES string of the molecule is C=C(C)C(=O)Oc1ccc2c(c1)C(C)c1cc(C(=O)Oc3ccc(OCCCCCC(=O)O)cc3)ccc1-2. The first-order valence-electron chi connectivity index (χ1n) is 12.6. The summed E-state index contributed by atoms with van der Waals surface area (Å²) in [5, 5.41) is 8.66. The van der Waals surface area contributed by atoms with E-state index in [1.807, 2.05) is 24.3 Å². The Morgan fingerprint density at radius 1 is 0.816 bits per heavy atom. The number of fused-ring (bicyclic) bond motifs is 3. The summed E-state index contributed by atoms with van der Waals surface area (Å²) in [4.78, 5) is 35.3. The first-order valence-corrected chi connectivity index (χ1v) is 12.6. The Hall–Kier alpha value is -4.39. The second-order valence-electron chi connectivity index (χ2n) is 9.36. The van der Waals surface area contributed by atoms with E-state index in [0.29, 0.717) is 41.4 Å². The lowest BCUT2D eigenvalue weighted by Crippen LogP contribution is -2.09. The Morgan fingerprint density at radius 3 is 2.13 bits per heavy atom. The van der Waals surface area contributed by atoms with Crippen molar-refractivity contribution in [2.75, 3.05) is 6.61 Å². The molecule has 0 aliphatic heterocycles. The van der Waals surface area contributed by atoms with Gasteiger partial charge in [0.1, 0.15) is 17.2 Å². The van der Waals surface area contributed by atoms with Crippen molar-refractivity contribution < 1.29 is 33.7 Å². The quantitative estimate of drug-likeness (QED) is 0.134. The van der Waals surface area contributed by atoms with Crippen molar-refractivity contribution in [3.8, 4) is 28.4 Å². The first kappa shape index (κ1) is 26.7. The number of aliphatic carboxylic acids is 1. The van der Waals surface area contributed by atoms with Gasteiger partial charge in [0.25, 0.3) is 0 Å². The minimum Gasteiger partial charge on any atom is -0.494 e. The van der Waals surface area contributed by atoms with Crippen LogP contribution in [0.15, 0.2) is 72.8 Å². The maximum Gasteiger partial charge on any atom is 0.343 e. The van der Waals surface area contributed by atoms with Crippen LogP contribution in [0.1, 0.15) is 66.9 Å². The third-order valence-corrected chi connectivity index (χ3v) is 6.43. The van der Waals surface area contributed by atoms with Crippen LogP contribution in [0.3, 0.4) is 0 Å². The number of rotatable bonds is 11. The second kappa shape index (κ2) is 11.8. The molecule has 0 radical (unpaired) electrons. The molecule has 0 fully saturated rings. The van der Waals surface area contributed by atoms with E-state index in [1.165, 1.54) is 0 Å². The zero-order valence-corrected chi connectivity index (χ0v) is 21.5. The molecule has 0 saturated heterocycles. The summed E-state index contributed by atoms with van der Waals surface area (Å²) in [6.07, 6.45) is 2.36. The Kier molecular flexibility index (Phi) is 8.26. The molecule has 38 heavy (non-hydrogen) atoms. The second-order valence-corrected chi connectivity index (χ2v) is 9.36. The average molecular weight is 515 g/mol. The van der Waals surface area contributed by atoms with Crippen molar-refractivity contribution >= 4 is 17.9 Å². The average Bonchev–Trinajstić information content (AvgIpc) is 3.17. The number of benzene rings is 3. The summed E-state index contributed by atoms with van der Waals surface area (Å²) in [5.41, 5.74) is 4.88. The van der Waals surface area contributed by atoms with E-state index in [9.17, 15) is 14.4 Å². The van der Waals surface area contributed by atoms with Crippen LogP contribution < -0.4 is 14.2 Å². The molecule has 3 aromatic carbocycles.